The molecule has 0 unspecified atom stereocenters. The third-order valence-electron chi connectivity index (χ3n) is 8.89. The van der Waals surface area contributed by atoms with Crippen LogP contribution in [0.1, 0.15) is 42.9 Å². The lowest BCUT2D eigenvalue weighted by Crippen LogP contribution is -2.78. The molecule has 0 aromatic heterocycles. The van der Waals surface area contributed by atoms with Gasteiger partial charge in [-0.25, -0.2) is 0 Å². The largest absolute Gasteiger partial charge is 0.504 e. The van der Waals surface area contributed by atoms with E-state index in [4.69, 9.17) is 9.47 Å². The molecule has 2 fully saturated rings. The van der Waals surface area contributed by atoms with Crippen LogP contribution in [-0.4, -0.2) is 71.2 Å². The van der Waals surface area contributed by atoms with E-state index in [0.717, 1.165) is 23.2 Å². The van der Waals surface area contributed by atoms with Gasteiger partial charge in [-0.1, -0.05) is 30.2 Å². The van der Waals surface area contributed by atoms with Gasteiger partial charge in [-0.2, -0.15) is 0 Å². The predicted molar refractivity (Wildman–Crippen MR) is 133 cm³/mol. The number of nitrogens with zero attached hydrogens (tertiary/aromatic N) is 2. The Morgan fingerprint density at radius 3 is 2.72 bits per heavy atom. The first kappa shape index (κ1) is 22.9. The number of carbonyl (C=O) groups excluding carboxylic acids is 2. The summed E-state index contributed by atoms with van der Waals surface area (Å²) in [6, 6.07) is 12.8. The molecule has 0 radical (unpaired) electrons. The molecule has 5 atom stereocenters. The zero-order chi connectivity index (χ0) is 25.2. The van der Waals surface area contributed by atoms with Crippen LogP contribution in [0, 0.1) is 11.8 Å². The number of aromatic hydroxyl groups is 1. The Morgan fingerprint density at radius 1 is 1.19 bits per heavy atom. The lowest BCUT2D eigenvalue weighted by atomic mass is 9.48. The second kappa shape index (κ2) is 8.01. The average Bonchev–Trinajstić information content (AvgIpc) is 3.22. The van der Waals surface area contributed by atoms with Crippen LogP contribution in [0.4, 0.5) is 0 Å². The smallest absolute Gasteiger partial charge is 0.303 e. The number of hydrogen-bond donors (Lipinski definition) is 1. The number of carbonyl (C=O) groups is 2. The van der Waals surface area contributed by atoms with Crippen molar-refractivity contribution in [2.75, 3.05) is 20.6 Å². The van der Waals surface area contributed by atoms with Crippen molar-refractivity contribution < 1.29 is 24.2 Å². The van der Waals surface area contributed by atoms with E-state index in [1.54, 1.807) is 18.0 Å². The van der Waals surface area contributed by atoms with Crippen molar-refractivity contribution in [2.24, 2.45) is 0 Å². The maximum absolute atomic E-state index is 13.2. The molecule has 2 aliphatic heterocycles. The zero-order valence-electron chi connectivity index (χ0n) is 20.8. The van der Waals surface area contributed by atoms with Crippen molar-refractivity contribution in [1.82, 2.24) is 9.80 Å². The molecular formula is C29H30N2O5. The summed E-state index contributed by atoms with van der Waals surface area (Å²) in [6.45, 7) is 2.27. The summed E-state index contributed by atoms with van der Waals surface area (Å²) in [6.07, 6.45) is 2.16. The molecule has 4 aliphatic rings. The van der Waals surface area contributed by atoms with E-state index in [-0.39, 0.29) is 29.7 Å². The highest BCUT2D eigenvalue weighted by Gasteiger charge is 2.75. The fraction of sp³-hybridized carbons (Fsp3) is 0.448. The summed E-state index contributed by atoms with van der Waals surface area (Å²) >= 11 is 0. The zero-order valence-corrected chi connectivity index (χ0v) is 20.8. The normalized spacial score (nSPS) is 31.4. The number of benzene rings is 2. The number of phenols is 1. The number of rotatable bonds is 2. The quantitative estimate of drug-likeness (QED) is 0.520. The highest BCUT2D eigenvalue weighted by Crippen LogP contribution is 2.66. The standard InChI is InChI=1S/C29H30N2O5/c1-18(32)36-29-14-13-21(31(3)24(34)12-9-19-7-5-4-6-8-19)27-28(29)15-16-30(2)23(29)17-20-10-11-22(33)26(35-27)25(20)28/h4-8,10-11,21,23,27,33H,13-17H2,1-3H3/t21-,23-,27+,28+,29-/m1/s1. The Balaban J connectivity index is 1.45. The van der Waals surface area contributed by atoms with E-state index < -0.39 is 17.1 Å². The average molecular weight is 487 g/mol. The maximum atomic E-state index is 13.2. The molecule has 2 aliphatic carbocycles. The van der Waals surface area contributed by atoms with Gasteiger partial charge in [0.05, 0.1) is 17.5 Å². The minimum absolute atomic E-state index is 0.0101. The molecule has 2 aromatic carbocycles. The molecule has 6 rings (SSSR count). The predicted octanol–water partition coefficient (Wildman–Crippen LogP) is 2.63. The summed E-state index contributed by atoms with van der Waals surface area (Å²) in [5.74, 6) is 5.70. The lowest BCUT2D eigenvalue weighted by molar-refractivity contribution is -0.220. The fourth-order valence-electron chi connectivity index (χ4n) is 7.44. The van der Waals surface area contributed by atoms with Gasteiger partial charge in [0.1, 0.15) is 11.7 Å². The summed E-state index contributed by atoms with van der Waals surface area (Å²) < 4.78 is 12.9. The molecule has 36 heavy (non-hydrogen) atoms. The Kier molecular flexibility index (Phi) is 5.10. The van der Waals surface area contributed by atoms with E-state index in [1.807, 2.05) is 36.4 Å². The van der Waals surface area contributed by atoms with Crippen molar-refractivity contribution in [1.29, 1.82) is 0 Å². The third-order valence-corrected chi connectivity index (χ3v) is 8.89. The van der Waals surface area contributed by atoms with Gasteiger partial charge in [0.25, 0.3) is 5.91 Å². The van der Waals surface area contributed by atoms with Gasteiger partial charge in [0.2, 0.25) is 0 Å². The van der Waals surface area contributed by atoms with E-state index >= 15 is 0 Å². The number of likely N-dealkylation sites (tertiary alicyclic amines) is 1. The highest BCUT2D eigenvalue weighted by molar-refractivity contribution is 5.94. The summed E-state index contributed by atoms with van der Waals surface area (Å²) in [5, 5.41) is 10.8. The molecule has 1 spiro atoms. The van der Waals surface area contributed by atoms with Crippen LogP contribution in [0.15, 0.2) is 42.5 Å². The molecule has 2 heterocycles. The lowest BCUT2D eigenvalue weighted by Gasteiger charge is -2.65. The van der Waals surface area contributed by atoms with Crippen LogP contribution < -0.4 is 4.74 Å². The molecule has 2 aromatic rings. The molecule has 1 saturated heterocycles. The molecule has 1 N–H and O–H groups in total. The summed E-state index contributed by atoms with van der Waals surface area (Å²) in [4.78, 5) is 29.7. The molecule has 1 saturated carbocycles. The van der Waals surface area contributed by atoms with Crippen LogP contribution >= 0.6 is 0 Å². The number of amides is 1. The Morgan fingerprint density at radius 2 is 1.97 bits per heavy atom. The van der Waals surface area contributed by atoms with Crippen molar-refractivity contribution >= 4 is 11.9 Å². The SMILES string of the molecule is CC(=O)O[C@@]12CC[C@@H](N(C)C(=O)C#Cc3ccccc3)[C@@H]3Oc4c(O)ccc5c4[C@@]31CCN(C)[C@@H]2C5. The van der Waals surface area contributed by atoms with Crippen molar-refractivity contribution in [3.63, 3.8) is 0 Å². The number of piperidine rings is 1. The molecular weight excluding hydrogens is 456 g/mol. The van der Waals surface area contributed by atoms with Gasteiger partial charge in [-0.3, -0.25) is 14.5 Å². The Hall–Kier alpha value is -3.50. The first-order valence-electron chi connectivity index (χ1n) is 12.5. The highest BCUT2D eigenvalue weighted by atomic mass is 16.6. The number of phenolic OH excluding ortho intramolecular Hbond substituents is 1. The van der Waals surface area contributed by atoms with E-state index in [9.17, 15) is 14.7 Å². The van der Waals surface area contributed by atoms with Crippen LogP contribution in [-0.2, 0) is 26.2 Å². The van der Waals surface area contributed by atoms with Gasteiger partial charge in [-0.15, -0.1) is 0 Å². The number of hydrogen-bond acceptors (Lipinski definition) is 6. The van der Waals surface area contributed by atoms with Crippen molar-refractivity contribution in [2.45, 2.75) is 61.8 Å². The third kappa shape index (κ3) is 2.97. The number of likely N-dealkylation sites (N-methyl/N-ethyl adjacent to an activating group) is 2. The van der Waals surface area contributed by atoms with Crippen molar-refractivity contribution in [3.8, 4) is 23.3 Å². The van der Waals surface area contributed by atoms with Crippen LogP contribution in [0.2, 0.25) is 0 Å². The molecule has 7 heteroatoms. The van der Waals surface area contributed by atoms with Crippen LogP contribution in [0.5, 0.6) is 11.5 Å². The minimum Gasteiger partial charge on any atom is -0.504 e. The Labute approximate surface area is 211 Å². The van der Waals surface area contributed by atoms with Gasteiger partial charge >= 0.3 is 5.97 Å². The second-order valence-corrected chi connectivity index (χ2v) is 10.5. The Bertz CT molecular complexity index is 1310. The van der Waals surface area contributed by atoms with Gasteiger partial charge in [0, 0.05) is 31.0 Å². The maximum Gasteiger partial charge on any atom is 0.303 e. The van der Waals surface area contributed by atoms with Crippen LogP contribution in [0.25, 0.3) is 0 Å². The van der Waals surface area contributed by atoms with Crippen molar-refractivity contribution in [3.05, 3.63) is 59.2 Å². The first-order valence-corrected chi connectivity index (χ1v) is 12.5. The number of esters is 1. The first-order chi connectivity index (χ1) is 17.3. The summed E-state index contributed by atoms with van der Waals surface area (Å²) in [5.41, 5.74) is 1.41. The topological polar surface area (TPSA) is 79.3 Å². The molecule has 1 amide bonds. The molecule has 186 valence electrons. The summed E-state index contributed by atoms with van der Waals surface area (Å²) in [7, 11) is 3.85. The molecule has 2 bridgehead atoms. The number of ether oxygens (including phenoxy) is 2. The monoisotopic (exact) mass is 486 g/mol. The van der Waals surface area contributed by atoms with Gasteiger partial charge < -0.3 is 19.5 Å². The van der Waals surface area contributed by atoms with Gasteiger partial charge in [-0.05, 0) is 63.0 Å². The molecule has 7 nitrogen and oxygen atoms in total. The minimum atomic E-state index is -0.793. The van der Waals surface area contributed by atoms with Gasteiger partial charge in [0.15, 0.2) is 11.5 Å². The van der Waals surface area contributed by atoms with E-state index in [0.29, 0.717) is 31.4 Å². The van der Waals surface area contributed by atoms with E-state index in [2.05, 4.69) is 23.8 Å². The van der Waals surface area contributed by atoms with E-state index in [1.165, 1.54) is 6.92 Å². The fourth-order valence-corrected chi connectivity index (χ4v) is 7.44. The second-order valence-electron chi connectivity index (χ2n) is 10.5. The van der Waals surface area contributed by atoms with Crippen LogP contribution in [0.3, 0.4) is 0 Å².